The lowest BCUT2D eigenvalue weighted by atomic mass is 9.81. The normalized spacial score (nSPS) is 19.2. The average Bonchev–Trinajstić information content (AvgIpc) is 2.70. The van der Waals surface area contributed by atoms with E-state index < -0.39 is 0 Å². The summed E-state index contributed by atoms with van der Waals surface area (Å²) in [4.78, 5) is 25.0. The van der Waals surface area contributed by atoms with Crippen LogP contribution in [-0.4, -0.2) is 18.9 Å². The Balaban J connectivity index is 1.49. The lowest BCUT2D eigenvalue weighted by Gasteiger charge is -2.27. The Labute approximate surface area is 160 Å². The van der Waals surface area contributed by atoms with Crippen LogP contribution in [-0.2, 0) is 9.59 Å². The van der Waals surface area contributed by atoms with Gasteiger partial charge in [0.05, 0.1) is 7.11 Å². The fraction of sp³-hybridized carbons (Fsp3) is 0.364. The summed E-state index contributed by atoms with van der Waals surface area (Å²) in [5.41, 5.74) is 2.72. The van der Waals surface area contributed by atoms with E-state index in [-0.39, 0.29) is 23.7 Å². The second kappa shape index (κ2) is 8.71. The Hall–Kier alpha value is -2.82. The fourth-order valence-corrected chi connectivity index (χ4v) is 3.44. The molecule has 5 nitrogen and oxygen atoms in total. The van der Waals surface area contributed by atoms with Gasteiger partial charge in [-0.25, -0.2) is 0 Å². The summed E-state index contributed by atoms with van der Waals surface area (Å²) in [5, 5.41) is 5.94. The molecule has 3 rings (SSSR count). The number of hydrogen-bond acceptors (Lipinski definition) is 3. The van der Waals surface area contributed by atoms with Crippen LogP contribution in [0.4, 0.5) is 11.4 Å². The molecule has 0 spiro atoms. The second-order valence-corrected chi connectivity index (χ2v) is 7.13. The number of benzene rings is 2. The molecule has 0 unspecified atom stereocenters. The Morgan fingerprint density at radius 3 is 1.96 bits per heavy atom. The van der Waals surface area contributed by atoms with Gasteiger partial charge in [-0.2, -0.15) is 0 Å². The molecule has 2 N–H and O–H groups in total. The van der Waals surface area contributed by atoms with Gasteiger partial charge in [0.1, 0.15) is 5.75 Å². The highest BCUT2D eigenvalue weighted by Crippen LogP contribution is 2.31. The molecule has 0 aliphatic heterocycles. The van der Waals surface area contributed by atoms with Crippen molar-refractivity contribution in [3.8, 4) is 5.75 Å². The maximum Gasteiger partial charge on any atom is 0.227 e. The number of carbonyl (C=O) groups excluding carboxylic acids is 2. The van der Waals surface area contributed by atoms with Gasteiger partial charge in [0.2, 0.25) is 11.8 Å². The molecule has 142 valence electrons. The SMILES string of the molecule is COc1cccc(NC(=O)C2CCC(C(=O)Nc3ccc(C)cc3)CC2)c1. The molecule has 1 aliphatic rings. The summed E-state index contributed by atoms with van der Waals surface area (Å²) in [6.45, 7) is 2.02. The largest absolute Gasteiger partial charge is 0.497 e. The zero-order valence-electron chi connectivity index (χ0n) is 15.8. The molecule has 0 atom stereocenters. The molecule has 5 heteroatoms. The first-order valence-corrected chi connectivity index (χ1v) is 9.37. The van der Waals surface area contributed by atoms with Gasteiger partial charge in [0.15, 0.2) is 0 Å². The molecule has 27 heavy (non-hydrogen) atoms. The topological polar surface area (TPSA) is 67.4 Å². The fourth-order valence-electron chi connectivity index (χ4n) is 3.44. The molecule has 0 aromatic heterocycles. The van der Waals surface area contributed by atoms with Crippen LogP contribution in [0.1, 0.15) is 31.2 Å². The maximum absolute atomic E-state index is 12.5. The molecule has 0 saturated heterocycles. The zero-order valence-corrected chi connectivity index (χ0v) is 15.8. The van der Waals surface area contributed by atoms with E-state index in [2.05, 4.69) is 10.6 Å². The number of hydrogen-bond donors (Lipinski definition) is 2. The van der Waals surface area contributed by atoms with Crippen molar-refractivity contribution in [1.29, 1.82) is 0 Å². The van der Waals surface area contributed by atoms with Crippen molar-refractivity contribution >= 4 is 23.2 Å². The number of amides is 2. The molecule has 2 amide bonds. The predicted octanol–water partition coefficient (Wildman–Crippen LogP) is 4.39. The molecular weight excluding hydrogens is 340 g/mol. The van der Waals surface area contributed by atoms with Crippen molar-refractivity contribution in [2.75, 3.05) is 17.7 Å². The van der Waals surface area contributed by atoms with Crippen LogP contribution in [0.25, 0.3) is 0 Å². The monoisotopic (exact) mass is 366 g/mol. The quantitative estimate of drug-likeness (QED) is 0.825. The van der Waals surface area contributed by atoms with E-state index in [1.165, 1.54) is 0 Å². The number of ether oxygens (including phenoxy) is 1. The van der Waals surface area contributed by atoms with Crippen LogP contribution in [0.5, 0.6) is 5.75 Å². The number of methoxy groups -OCH3 is 1. The Morgan fingerprint density at radius 2 is 1.41 bits per heavy atom. The molecule has 0 radical (unpaired) electrons. The van der Waals surface area contributed by atoms with E-state index in [0.29, 0.717) is 5.75 Å². The van der Waals surface area contributed by atoms with E-state index in [0.717, 1.165) is 42.6 Å². The van der Waals surface area contributed by atoms with Crippen LogP contribution < -0.4 is 15.4 Å². The Kier molecular flexibility index (Phi) is 6.12. The number of aryl methyl sites for hydroxylation is 1. The molecule has 2 aromatic rings. The first kappa shape index (κ1) is 19.0. The second-order valence-electron chi connectivity index (χ2n) is 7.13. The Bertz CT molecular complexity index is 793. The van der Waals surface area contributed by atoms with Crippen molar-refractivity contribution in [2.24, 2.45) is 11.8 Å². The van der Waals surface area contributed by atoms with Crippen LogP contribution in [0.2, 0.25) is 0 Å². The zero-order chi connectivity index (χ0) is 19.2. The molecular formula is C22H26N2O3. The highest BCUT2D eigenvalue weighted by molar-refractivity contribution is 5.94. The van der Waals surface area contributed by atoms with Gasteiger partial charge in [-0.3, -0.25) is 9.59 Å². The van der Waals surface area contributed by atoms with E-state index >= 15 is 0 Å². The molecule has 1 aliphatic carbocycles. The lowest BCUT2D eigenvalue weighted by molar-refractivity contribution is -0.125. The third kappa shape index (κ3) is 5.09. The molecule has 0 bridgehead atoms. The van der Waals surface area contributed by atoms with Crippen LogP contribution in [0.3, 0.4) is 0 Å². The van der Waals surface area contributed by atoms with Gasteiger partial charge in [-0.15, -0.1) is 0 Å². The predicted molar refractivity (Wildman–Crippen MR) is 107 cm³/mol. The minimum atomic E-state index is -0.0559. The number of rotatable bonds is 5. The lowest BCUT2D eigenvalue weighted by Crippen LogP contribution is -2.32. The van der Waals surface area contributed by atoms with E-state index in [4.69, 9.17) is 4.74 Å². The van der Waals surface area contributed by atoms with Crippen molar-refractivity contribution in [2.45, 2.75) is 32.6 Å². The van der Waals surface area contributed by atoms with E-state index in [1.54, 1.807) is 13.2 Å². The van der Waals surface area contributed by atoms with Crippen LogP contribution in [0.15, 0.2) is 48.5 Å². The van der Waals surface area contributed by atoms with Gasteiger partial charge >= 0.3 is 0 Å². The first-order chi connectivity index (χ1) is 13.0. The molecule has 1 saturated carbocycles. The van der Waals surface area contributed by atoms with Crippen LogP contribution >= 0.6 is 0 Å². The summed E-state index contributed by atoms with van der Waals surface area (Å²) >= 11 is 0. The highest BCUT2D eigenvalue weighted by Gasteiger charge is 2.30. The van der Waals surface area contributed by atoms with Gasteiger partial charge in [0.25, 0.3) is 0 Å². The third-order valence-electron chi connectivity index (χ3n) is 5.13. The van der Waals surface area contributed by atoms with Crippen molar-refractivity contribution < 1.29 is 14.3 Å². The summed E-state index contributed by atoms with van der Waals surface area (Å²) in [5.74, 6) is 0.683. The molecule has 0 heterocycles. The van der Waals surface area contributed by atoms with Crippen molar-refractivity contribution in [3.05, 3.63) is 54.1 Å². The molecule has 1 fully saturated rings. The third-order valence-corrected chi connectivity index (χ3v) is 5.13. The highest BCUT2D eigenvalue weighted by atomic mass is 16.5. The minimum absolute atomic E-state index is 0.0145. The number of nitrogens with one attached hydrogen (secondary N) is 2. The number of carbonyl (C=O) groups is 2. The summed E-state index contributed by atoms with van der Waals surface area (Å²) in [7, 11) is 1.60. The van der Waals surface area contributed by atoms with Gasteiger partial charge in [-0.1, -0.05) is 23.8 Å². The van der Waals surface area contributed by atoms with Gasteiger partial charge < -0.3 is 15.4 Å². The van der Waals surface area contributed by atoms with Crippen molar-refractivity contribution in [3.63, 3.8) is 0 Å². The Morgan fingerprint density at radius 1 is 0.852 bits per heavy atom. The summed E-state index contributed by atoms with van der Waals surface area (Å²) in [6.07, 6.45) is 2.91. The van der Waals surface area contributed by atoms with Gasteiger partial charge in [-0.05, 0) is 56.9 Å². The maximum atomic E-state index is 12.5. The summed E-state index contributed by atoms with van der Waals surface area (Å²) < 4.78 is 5.18. The minimum Gasteiger partial charge on any atom is -0.497 e. The smallest absolute Gasteiger partial charge is 0.227 e. The number of anilines is 2. The summed E-state index contributed by atoms with van der Waals surface area (Å²) in [6, 6.07) is 15.1. The van der Waals surface area contributed by atoms with Gasteiger partial charge in [0, 0.05) is 29.3 Å². The van der Waals surface area contributed by atoms with E-state index in [9.17, 15) is 9.59 Å². The first-order valence-electron chi connectivity index (χ1n) is 9.37. The van der Waals surface area contributed by atoms with Crippen LogP contribution in [0, 0.1) is 18.8 Å². The standard InChI is InChI=1S/C22H26N2O3/c1-15-6-12-18(13-7-15)23-21(25)16-8-10-17(11-9-16)22(26)24-19-4-3-5-20(14-19)27-2/h3-7,12-14,16-17H,8-11H2,1-2H3,(H,23,25)(H,24,26). The average molecular weight is 366 g/mol. The van der Waals surface area contributed by atoms with Crippen molar-refractivity contribution in [1.82, 2.24) is 0 Å². The van der Waals surface area contributed by atoms with E-state index in [1.807, 2.05) is 49.4 Å². The molecule has 2 aromatic carbocycles.